The second-order valence-electron chi connectivity index (χ2n) is 14.6. The average molecular weight is 771 g/mol. The Balaban J connectivity index is 1.19. The molecule has 284 valence electrons. The maximum Gasteiger partial charge on any atom is 0.178 e. The van der Waals surface area contributed by atoms with Gasteiger partial charge in [-0.05, 0) is 69.8 Å². The molecule has 0 fully saturated rings. The highest BCUT2D eigenvalue weighted by atomic mass is 15.2. The van der Waals surface area contributed by atoms with Crippen LogP contribution in [-0.2, 0) is 0 Å². The number of benzene rings is 6. The number of nitrogens with one attached hydrogen (secondary N) is 1. The summed E-state index contributed by atoms with van der Waals surface area (Å²) in [5, 5.41) is 3.70. The van der Waals surface area contributed by atoms with Gasteiger partial charge in [-0.25, -0.2) is 24.9 Å². The topological polar surface area (TPSA) is 75.4 Å². The van der Waals surface area contributed by atoms with E-state index in [9.17, 15) is 0 Å². The molecule has 6 heteroatoms. The van der Waals surface area contributed by atoms with Gasteiger partial charge in [0.2, 0.25) is 0 Å². The van der Waals surface area contributed by atoms with Gasteiger partial charge in [-0.15, -0.1) is 0 Å². The zero-order valence-corrected chi connectivity index (χ0v) is 32.6. The summed E-state index contributed by atoms with van der Waals surface area (Å²) in [5.41, 5.74) is 13.9. The smallest absolute Gasteiger partial charge is 0.178 e. The van der Waals surface area contributed by atoms with Crippen molar-refractivity contribution in [1.82, 2.24) is 20.3 Å². The highest BCUT2D eigenvalue weighted by molar-refractivity contribution is 6.12. The number of pyridine rings is 3. The molecule has 1 aliphatic rings. The zero-order chi connectivity index (χ0) is 40.1. The fourth-order valence-corrected chi connectivity index (χ4v) is 7.50. The van der Waals surface area contributed by atoms with E-state index in [0.717, 1.165) is 72.8 Å². The molecule has 60 heavy (non-hydrogen) atoms. The molecule has 0 saturated carbocycles. The average Bonchev–Trinajstić information content (AvgIpc) is 3.35. The lowest BCUT2D eigenvalue weighted by molar-refractivity contribution is 0.652. The largest absolute Gasteiger partial charge is 0.342 e. The van der Waals surface area contributed by atoms with Gasteiger partial charge >= 0.3 is 0 Å². The van der Waals surface area contributed by atoms with Gasteiger partial charge in [0.1, 0.15) is 11.4 Å². The highest BCUT2D eigenvalue weighted by Crippen LogP contribution is 2.33. The Kier molecular flexibility index (Phi) is 9.92. The van der Waals surface area contributed by atoms with E-state index in [1.54, 1.807) is 0 Å². The second kappa shape index (κ2) is 16.4. The number of hydrogen-bond acceptors (Lipinski definition) is 6. The van der Waals surface area contributed by atoms with Gasteiger partial charge in [-0.1, -0.05) is 182 Å². The SMILES string of the molecule is c1ccc(-c2cc(C3=NC(c4cc(-c5ccccc5)cc(-c5ccccc5)n4)NC(c4cc(-c5ccccc5)cc(-c5ccccc5)n4)=N3)nc(-c3ccccc3)c2)cc1. The monoisotopic (exact) mass is 770 g/mol. The minimum absolute atomic E-state index is 0.477. The molecule has 1 unspecified atom stereocenters. The van der Waals surface area contributed by atoms with Crippen molar-refractivity contribution in [3.63, 3.8) is 0 Å². The molecule has 10 rings (SSSR count). The van der Waals surface area contributed by atoms with E-state index in [1.807, 2.05) is 72.8 Å². The summed E-state index contributed by atoms with van der Waals surface area (Å²) in [6.45, 7) is 0. The Morgan fingerprint density at radius 2 is 0.633 bits per heavy atom. The van der Waals surface area contributed by atoms with Gasteiger partial charge in [0.05, 0.1) is 22.8 Å². The molecule has 0 saturated heterocycles. The Hall–Kier alpha value is -8.09. The van der Waals surface area contributed by atoms with Crippen LogP contribution in [0.15, 0.2) is 228 Å². The lowest BCUT2D eigenvalue weighted by atomic mass is 10.0. The van der Waals surface area contributed by atoms with Crippen LogP contribution < -0.4 is 5.32 Å². The molecule has 9 aromatic rings. The molecule has 1 atom stereocenters. The summed E-state index contributed by atoms with van der Waals surface area (Å²) in [6, 6.07) is 74.6. The molecule has 1 N–H and O–H groups in total. The first-order chi connectivity index (χ1) is 29.7. The highest BCUT2D eigenvalue weighted by Gasteiger charge is 2.26. The van der Waals surface area contributed by atoms with Gasteiger partial charge in [0.25, 0.3) is 0 Å². The van der Waals surface area contributed by atoms with E-state index in [1.165, 1.54) is 0 Å². The summed E-state index contributed by atoms with van der Waals surface area (Å²) in [5.74, 6) is 1.05. The first-order valence-electron chi connectivity index (χ1n) is 20.0. The first-order valence-corrected chi connectivity index (χ1v) is 20.0. The summed E-state index contributed by atoms with van der Waals surface area (Å²) in [6.07, 6.45) is -0.636. The van der Waals surface area contributed by atoms with Crippen molar-refractivity contribution in [1.29, 1.82) is 0 Å². The van der Waals surface area contributed by atoms with E-state index in [0.29, 0.717) is 23.1 Å². The van der Waals surface area contributed by atoms with Crippen LogP contribution in [0, 0.1) is 0 Å². The van der Waals surface area contributed by atoms with E-state index in [2.05, 4.69) is 151 Å². The van der Waals surface area contributed by atoms with Crippen molar-refractivity contribution in [3.05, 3.63) is 235 Å². The van der Waals surface area contributed by atoms with Gasteiger partial charge in [-0.2, -0.15) is 0 Å². The molecule has 3 aromatic heterocycles. The van der Waals surface area contributed by atoms with Crippen molar-refractivity contribution >= 4 is 11.7 Å². The maximum atomic E-state index is 5.36. The Morgan fingerprint density at radius 1 is 0.300 bits per heavy atom. The third kappa shape index (κ3) is 7.78. The minimum atomic E-state index is -0.636. The molecule has 0 radical (unpaired) electrons. The summed E-state index contributed by atoms with van der Waals surface area (Å²) < 4.78 is 0. The van der Waals surface area contributed by atoms with Crippen molar-refractivity contribution in [2.75, 3.05) is 0 Å². The summed E-state index contributed by atoms with van der Waals surface area (Å²) >= 11 is 0. The first kappa shape index (κ1) is 36.3. The molecule has 1 aliphatic heterocycles. The number of aliphatic imine (C=N–C) groups is 2. The molecular formula is C54H38N6. The number of nitrogens with zero attached hydrogens (tertiary/aromatic N) is 5. The van der Waals surface area contributed by atoms with Gasteiger partial charge in [0, 0.05) is 16.7 Å². The van der Waals surface area contributed by atoms with Crippen LogP contribution in [0.4, 0.5) is 0 Å². The predicted molar refractivity (Wildman–Crippen MR) is 244 cm³/mol. The van der Waals surface area contributed by atoms with E-state index >= 15 is 0 Å². The third-order valence-electron chi connectivity index (χ3n) is 10.5. The molecule has 0 aliphatic carbocycles. The maximum absolute atomic E-state index is 5.36. The van der Waals surface area contributed by atoms with Crippen molar-refractivity contribution in [3.8, 4) is 67.2 Å². The van der Waals surface area contributed by atoms with Gasteiger partial charge < -0.3 is 5.32 Å². The van der Waals surface area contributed by atoms with Crippen molar-refractivity contribution in [2.24, 2.45) is 9.98 Å². The van der Waals surface area contributed by atoms with Crippen LogP contribution in [0.25, 0.3) is 67.2 Å². The normalized spacial score (nSPS) is 13.5. The Labute approximate surface area is 349 Å². The standard InChI is InChI=1S/C54H38N6/c1-7-19-37(20-8-1)43-31-46(40-25-13-4-14-26-40)55-49(34-43)52-58-53(50-35-44(38-21-9-2-10-22-38)32-47(56-50)41-27-15-5-16-28-41)60-54(59-52)51-36-45(39-23-11-3-12-24-39)33-48(57-51)42-29-17-6-18-30-42/h1-36,52H,(H,58,59,60). The van der Waals surface area contributed by atoms with Crippen LogP contribution in [0.1, 0.15) is 23.2 Å². The molecule has 6 nitrogen and oxygen atoms in total. The fourth-order valence-electron chi connectivity index (χ4n) is 7.50. The summed E-state index contributed by atoms with van der Waals surface area (Å²) in [7, 11) is 0. The lowest BCUT2D eigenvalue weighted by Gasteiger charge is -2.24. The van der Waals surface area contributed by atoms with Gasteiger partial charge in [-0.3, -0.25) is 0 Å². The molecular weight excluding hydrogens is 733 g/mol. The van der Waals surface area contributed by atoms with E-state index in [4.69, 9.17) is 24.9 Å². The van der Waals surface area contributed by atoms with E-state index < -0.39 is 6.17 Å². The number of amidine groups is 2. The van der Waals surface area contributed by atoms with Crippen LogP contribution in [0.2, 0.25) is 0 Å². The molecule has 0 bridgehead atoms. The zero-order valence-electron chi connectivity index (χ0n) is 32.6. The van der Waals surface area contributed by atoms with Gasteiger partial charge in [0.15, 0.2) is 17.8 Å². The van der Waals surface area contributed by atoms with Crippen LogP contribution in [0.3, 0.4) is 0 Å². The minimum Gasteiger partial charge on any atom is -0.342 e. The van der Waals surface area contributed by atoms with Crippen molar-refractivity contribution in [2.45, 2.75) is 6.17 Å². The molecule has 0 amide bonds. The Bertz CT molecular complexity index is 2800. The fraction of sp³-hybridized carbons (Fsp3) is 0.0185. The van der Waals surface area contributed by atoms with Crippen LogP contribution in [-0.4, -0.2) is 26.6 Å². The lowest BCUT2D eigenvalue weighted by Crippen LogP contribution is -2.35. The van der Waals surface area contributed by atoms with E-state index in [-0.39, 0.29) is 0 Å². The number of rotatable bonds is 9. The molecule has 4 heterocycles. The summed E-state index contributed by atoms with van der Waals surface area (Å²) in [4.78, 5) is 26.5. The number of aromatic nitrogens is 3. The van der Waals surface area contributed by atoms with Crippen LogP contribution in [0.5, 0.6) is 0 Å². The predicted octanol–water partition coefficient (Wildman–Crippen LogP) is 12.4. The van der Waals surface area contributed by atoms with Crippen molar-refractivity contribution < 1.29 is 0 Å². The third-order valence-corrected chi connectivity index (χ3v) is 10.5. The molecule has 0 spiro atoms. The van der Waals surface area contributed by atoms with Crippen LogP contribution >= 0.6 is 0 Å². The Morgan fingerprint density at radius 3 is 1.07 bits per heavy atom. The second-order valence-corrected chi connectivity index (χ2v) is 14.6. The quantitative estimate of drug-likeness (QED) is 0.159. The molecule has 6 aromatic carbocycles. The number of hydrogen-bond donors (Lipinski definition) is 1.